The molecule has 4 rings (SSSR count). The molecule has 1 aliphatic heterocycles. The molecule has 11 nitrogen and oxygen atoms in total. The first-order valence-corrected chi connectivity index (χ1v) is 14.9. The molecular weight excluding hydrogens is 520 g/mol. The molecule has 3 heterocycles. The van der Waals surface area contributed by atoms with Crippen LogP contribution in [0, 0.1) is 5.92 Å². The first kappa shape index (κ1) is 28.5. The van der Waals surface area contributed by atoms with Gasteiger partial charge in [0.2, 0.25) is 15.8 Å². The van der Waals surface area contributed by atoms with E-state index in [0.29, 0.717) is 36.4 Å². The lowest BCUT2D eigenvalue weighted by atomic mass is 9.90. The van der Waals surface area contributed by atoms with Crippen molar-refractivity contribution in [2.45, 2.75) is 70.6 Å². The lowest BCUT2D eigenvalue weighted by Crippen LogP contribution is -2.42. The standard InChI is InChI=1S/C27H36N6O5S/c1-17(2)21-16-28-33-23(21)30-25(39(6,36)37)31-24(33)29-20-9-7-8-19(15-20)22(34)14-18-10-12-32(13-11-18)26(35)38-27(3,4)5/h7-9,15-18H,10-14H2,1-6H3,(H,29,30,31). The van der Waals surface area contributed by atoms with Gasteiger partial charge in [0.05, 0.1) is 6.20 Å². The van der Waals surface area contributed by atoms with E-state index in [1.807, 2.05) is 34.6 Å². The van der Waals surface area contributed by atoms with Crippen molar-refractivity contribution in [1.29, 1.82) is 0 Å². The highest BCUT2D eigenvalue weighted by Gasteiger charge is 2.28. The van der Waals surface area contributed by atoms with Crippen LogP contribution in [0.1, 0.15) is 75.7 Å². The fourth-order valence-corrected chi connectivity index (χ4v) is 4.96. The third-order valence-electron chi connectivity index (χ3n) is 6.51. The number of amides is 1. The van der Waals surface area contributed by atoms with Crippen LogP contribution in [-0.2, 0) is 14.6 Å². The van der Waals surface area contributed by atoms with Gasteiger partial charge in [-0.25, -0.2) is 13.2 Å². The average Bonchev–Trinajstić information content (AvgIpc) is 3.28. The summed E-state index contributed by atoms with van der Waals surface area (Å²) >= 11 is 0. The summed E-state index contributed by atoms with van der Waals surface area (Å²) in [5.41, 5.74) is 1.77. The molecule has 3 aromatic rings. The topological polar surface area (TPSA) is 136 Å². The van der Waals surface area contributed by atoms with Crippen molar-refractivity contribution < 1.29 is 22.7 Å². The van der Waals surface area contributed by atoms with E-state index in [1.165, 1.54) is 4.52 Å². The van der Waals surface area contributed by atoms with Crippen LogP contribution in [0.4, 0.5) is 16.4 Å². The van der Waals surface area contributed by atoms with Gasteiger partial charge in [-0.2, -0.15) is 19.6 Å². The van der Waals surface area contributed by atoms with Gasteiger partial charge in [-0.15, -0.1) is 0 Å². The Kier molecular flexibility index (Phi) is 7.97. The molecule has 1 fully saturated rings. The second-order valence-electron chi connectivity index (χ2n) is 11.3. The number of hydrogen-bond acceptors (Lipinski definition) is 9. The summed E-state index contributed by atoms with van der Waals surface area (Å²) in [6.45, 7) is 10.6. The second-order valence-corrected chi connectivity index (χ2v) is 13.2. The molecule has 210 valence electrons. The van der Waals surface area contributed by atoms with Crippen LogP contribution in [0.2, 0.25) is 0 Å². The maximum atomic E-state index is 13.1. The molecule has 0 spiro atoms. The number of ether oxygens (including phenoxy) is 1. The number of rotatable bonds is 7. The molecular formula is C27H36N6O5S. The maximum Gasteiger partial charge on any atom is 0.410 e. The maximum absolute atomic E-state index is 13.1. The van der Waals surface area contributed by atoms with Gasteiger partial charge in [0, 0.05) is 42.6 Å². The molecule has 12 heteroatoms. The number of fused-ring (bicyclic) bond motifs is 1. The first-order valence-electron chi connectivity index (χ1n) is 13.0. The highest BCUT2D eigenvalue weighted by Crippen LogP contribution is 2.27. The molecule has 0 unspecified atom stereocenters. The van der Waals surface area contributed by atoms with Crippen LogP contribution < -0.4 is 5.32 Å². The third-order valence-corrected chi connectivity index (χ3v) is 7.36. The van der Waals surface area contributed by atoms with E-state index >= 15 is 0 Å². The zero-order valence-corrected chi connectivity index (χ0v) is 24.1. The number of piperidine rings is 1. The van der Waals surface area contributed by atoms with Crippen molar-refractivity contribution in [2.75, 3.05) is 24.7 Å². The Hall–Kier alpha value is -3.54. The van der Waals surface area contributed by atoms with E-state index in [2.05, 4.69) is 20.4 Å². The molecule has 39 heavy (non-hydrogen) atoms. The van der Waals surface area contributed by atoms with Crippen molar-refractivity contribution in [3.8, 4) is 0 Å². The van der Waals surface area contributed by atoms with Gasteiger partial charge < -0.3 is 15.0 Å². The van der Waals surface area contributed by atoms with E-state index in [0.717, 1.165) is 24.7 Å². The number of nitrogens with one attached hydrogen (secondary N) is 1. The third kappa shape index (κ3) is 6.92. The number of carbonyl (C=O) groups is 2. The van der Waals surface area contributed by atoms with Gasteiger partial charge in [-0.3, -0.25) is 4.79 Å². The zero-order valence-electron chi connectivity index (χ0n) is 23.3. The summed E-state index contributed by atoms with van der Waals surface area (Å²) in [6.07, 6.45) is 4.23. The summed E-state index contributed by atoms with van der Waals surface area (Å²) in [7, 11) is -3.68. The number of ketones is 1. The van der Waals surface area contributed by atoms with Crippen molar-refractivity contribution >= 4 is 39.0 Å². The lowest BCUT2D eigenvalue weighted by molar-refractivity contribution is 0.0183. The predicted molar refractivity (Wildman–Crippen MR) is 147 cm³/mol. The molecule has 0 atom stereocenters. The number of benzene rings is 1. The Bertz CT molecular complexity index is 1480. The highest BCUT2D eigenvalue weighted by atomic mass is 32.2. The van der Waals surface area contributed by atoms with Crippen LogP contribution in [-0.4, -0.2) is 69.7 Å². The van der Waals surface area contributed by atoms with E-state index in [4.69, 9.17) is 4.74 Å². The molecule has 0 saturated carbocycles. The number of nitrogens with zero attached hydrogens (tertiary/aromatic N) is 5. The van der Waals surface area contributed by atoms with E-state index in [-0.39, 0.29) is 34.8 Å². The van der Waals surface area contributed by atoms with Crippen molar-refractivity contribution in [3.05, 3.63) is 41.6 Å². The van der Waals surface area contributed by atoms with E-state index in [1.54, 1.807) is 35.4 Å². The Balaban J connectivity index is 1.48. The molecule has 0 bridgehead atoms. The quantitative estimate of drug-likeness (QED) is 0.414. The number of aromatic nitrogens is 4. The second kappa shape index (κ2) is 10.9. The molecule has 0 radical (unpaired) electrons. The molecule has 1 amide bonds. The summed E-state index contributed by atoms with van der Waals surface area (Å²) < 4.78 is 31.5. The number of sulfone groups is 1. The lowest BCUT2D eigenvalue weighted by Gasteiger charge is -2.33. The SMILES string of the molecule is CC(C)c1cnn2c(Nc3cccc(C(=O)CC4CCN(C(=O)OC(C)(C)C)CC4)c3)nc(S(C)(=O)=O)nc12. The van der Waals surface area contributed by atoms with Gasteiger partial charge in [0.15, 0.2) is 11.4 Å². The monoisotopic (exact) mass is 556 g/mol. The first-order chi connectivity index (χ1) is 18.2. The van der Waals surface area contributed by atoms with Crippen LogP contribution in [0.15, 0.2) is 35.6 Å². The molecule has 1 aromatic carbocycles. The summed E-state index contributed by atoms with van der Waals surface area (Å²) in [6, 6.07) is 7.01. The minimum Gasteiger partial charge on any atom is -0.444 e. The van der Waals surface area contributed by atoms with Crippen molar-refractivity contribution in [1.82, 2.24) is 24.5 Å². The van der Waals surface area contributed by atoms with Gasteiger partial charge in [-0.05, 0) is 57.6 Å². The van der Waals surface area contributed by atoms with Gasteiger partial charge >= 0.3 is 6.09 Å². The zero-order chi connectivity index (χ0) is 28.5. The minimum absolute atomic E-state index is 0.000195. The largest absolute Gasteiger partial charge is 0.444 e. The Labute approximate surface area is 228 Å². The number of hydrogen-bond donors (Lipinski definition) is 1. The number of carbonyl (C=O) groups excluding carboxylic acids is 2. The van der Waals surface area contributed by atoms with Crippen molar-refractivity contribution in [3.63, 3.8) is 0 Å². The predicted octanol–water partition coefficient (Wildman–Crippen LogP) is 4.61. The van der Waals surface area contributed by atoms with Crippen LogP contribution in [0.25, 0.3) is 5.65 Å². The Morgan fingerprint density at radius 1 is 1.15 bits per heavy atom. The van der Waals surface area contributed by atoms with Crippen molar-refractivity contribution in [2.24, 2.45) is 5.92 Å². The fourth-order valence-electron chi connectivity index (χ4n) is 4.45. The van der Waals surface area contributed by atoms with E-state index in [9.17, 15) is 18.0 Å². The molecule has 2 aromatic heterocycles. The van der Waals surface area contributed by atoms with E-state index < -0.39 is 15.4 Å². The smallest absolute Gasteiger partial charge is 0.410 e. The average molecular weight is 557 g/mol. The summed E-state index contributed by atoms with van der Waals surface area (Å²) in [5, 5.41) is 7.18. The summed E-state index contributed by atoms with van der Waals surface area (Å²) in [5.74, 6) is 0.436. The Morgan fingerprint density at radius 2 is 1.85 bits per heavy atom. The molecule has 0 aliphatic carbocycles. The normalized spacial score (nSPS) is 15.1. The Morgan fingerprint density at radius 3 is 2.46 bits per heavy atom. The fraction of sp³-hybridized carbons (Fsp3) is 0.519. The van der Waals surface area contributed by atoms with Gasteiger partial charge in [0.1, 0.15) is 5.60 Å². The minimum atomic E-state index is -3.68. The number of likely N-dealkylation sites (tertiary alicyclic amines) is 1. The number of Topliss-reactive ketones (excluding diaryl/α,β-unsaturated/α-hetero) is 1. The molecule has 1 N–H and O–H groups in total. The summed E-state index contributed by atoms with van der Waals surface area (Å²) in [4.78, 5) is 35.6. The highest BCUT2D eigenvalue weighted by molar-refractivity contribution is 7.90. The van der Waals surface area contributed by atoms with Crippen LogP contribution >= 0.6 is 0 Å². The van der Waals surface area contributed by atoms with Crippen LogP contribution in [0.3, 0.4) is 0 Å². The number of anilines is 2. The molecule has 1 aliphatic rings. The van der Waals surface area contributed by atoms with Gasteiger partial charge in [-0.1, -0.05) is 26.0 Å². The molecule has 1 saturated heterocycles. The van der Waals surface area contributed by atoms with Crippen LogP contribution in [0.5, 0.6) is 0 Å². The van der Waals surface area contributed by atoms with Gasteiger partial charge in [0.25, 0.3) is 5.16 Å².